The molecule has 0 bridgehead atoms. The van der Waals surface area contributed by atoms with Crippen LogP contribution in [0.3, 0.4) is 0 Å². The van der Waals surface area contributed by atoms with Crippen LogP contribution in [0.2, 0.25) is 0 Å². The van der Waals surface area contributed by atoms with Gasteiger partial charge in [0, 0.05) is 31.7 Å². The van der Waals surface area contributed by atoms with Gasteiger partial charge in [0.25, 0.3) is 11.7 Å². The molecule has 9 heteroatoms. The number of morpholine rings is 1. The van der Waals surface area contributed by atoms with Gasteiger partial charge in [0.2, 0.25) is 0 Å². The highest BCUT2D eigenvalue weighted by Crippen LogP contribution is 2.41. The predicted octanol–water partition coefficient (Wildman–Crippen LogP) is 4.04. The molecule has 2 N–H and O–H groups in total. The molecule has 2 saturated heterocycles. The van der Waals surface area contributed by atoms with E-state index in [1.807, 2.05) is 25.1 Å². The molecule has 1 amide bonds. The fraction of sp³-hybridized carbons (Fsp3) is 0.312. The lowest BCUT2D eigenvalue weighted by atomic mass is 9.95. The van der Waals surface area contributed by atoms with Crippen molar-refractivity contribution in [3.63, 3.8) is 0 Å². The Balaban J connectivity index is 1.44. The van der Waals surface area contributed by atoms with Crippen molar-refractivity contribution in [3.05, 3.63) is 94.6 Å². The summed E-state index contributed by atoms with van der Waals surface area (Å²) < 4.78 is 16.6. The Morgan fingerprint density at radius 1 is 1.00 bits per heavy atom. The average molecular weight is 559 g/mol. The van der Waals surface area contributed by atoms with Crippen molar-refractivity contribution in [1.82, 2.24) is 9.80 Å². The van der Waals surface area contributed by atoms with Crippen LogP contribution in [0.5, 0.6) is 17.2 Å². The third-order valence-corrected chi connectivity index (χ3v) is 7.44. The number of Topliss-reactive ketones (excluding diaryl/α,β-unsaturated/α-hetero) is 1. The first-order chi connectivity index (χ1) is 19.9. The van der Waals surface area contributed by atoms with Crippen molar-refractivity contribution in [2.45, 2.75) is 19.6 Å². The van der Waals surface area contributed by atoms with E-state index in [0.717, 1.165) is 24.2 Å². The summed E-state index contributed by atoms with van der Waals surface area (Å²) in [5.41, 5.74) is 3.10. The molecule has 2 heterocycles. The second-order valence-corrected chi connectivity index (χ2v) is 10.2. The van der Waals surface area contributed by atoms with Crippen LogP contribution in [-0.2, 0) is 20.9 Å². The Morgan fingerprint density at radius 2 is 1.76 bits per heavy atom. The Hall–Kier alpha value is -4.34. The van der Waals surface area contributed by atoms with Crippen LogP contribution in [0, 0.1) is 6.92 Å². The van der Waals surface area contributed by atoms with E-state index in [1.165, 1.54) is 18.1 Å². The molecule has 1 atom stereocenters. The zero-order valence-electron chi connectivity index (χ0n) is 23.2. The number of phenols is 1. The number of amides is 1. The number of hydrogen-bond donors (Lipinski definition) is 2. The number of phenolic OH excluding ortho intramolecular Hbond substituents is 1. The predicted molar refractivity (Wildman–Crippen MR) is 153 cm³/mol. The van der Waals surface area contributed by atoms with E-state index >= 15 is 0 Å². The summed E-state index contributed by atoms with van der Waals surface area (Å²) in [7, 11) is 1.43. The van der Waals surface area contributed by atoms with Crippen molar-refractivity contribution < 1.29 is 34.0 Å². The van der Waals surface area contributed by atoms with Crippen molar-refractivity contribution in [2.24, 2.45) is 0 Å². The van der Waals surface area contributed by atoms with E-state index in [1.54, 1.807) is 36.4 Å². The van der Waals surface area contributed by atoms with Gasteiger partial charge in [-0.1, -0.05) is 35.9 Å². The SMILES string of the molecule is COc1cc([C@@H]2C(=C(O)c3ccc(OCc4cccc(C)c4)cc3)C(=O)C(=O)N2CCN2CCOCC2)ccc1O. The summed E-state index contributed by atoms with van der Waals surface area (Å²) in [6, 6.07) is 18.6. The first-order valence-corrected chi connectivity index (χ1v) is 13.6. The quantitative estimate of drug-likeness (QED) is 0.230. The number of aryl methyl sites for hydroxylation is 1. The maximum Gasteiger partial charge on any atom is 0.295 e. The summed E-state index contributed by atoms with van der Waals surface area (Å²) in [6.07, 6.45) is 0. The molecule has 2 aliphatic heterocycles. The highest BCUT2D eigenvalue weighted by atomic mass is 16.5. The van der Waals surface area contributed by atoms with Gasteiger partial charge in [-0.25, -0.2) is 0 Å². The van der Waals surface area contributed by atoms with Gasteiger partial charge in [0.1, 0.15) is 18.1 Å². The number of carbonyl (C=O) groups is 2. The number of ether oxygens (including phenoxy) is 3. The van der Waals surface area contributed by atoms with Crippen LogP contribution < -0.4 is 9.47 Å². The van der Waals surface area contributed by atoms with Gasteiger partial charge in [0.05, 0.1) is 31.9 Å². The number of benzene rings is 3. The van der Waals surface area contributed by atoms with E-state index in [4.69, 9.17) is 14.2 Å². The Kier molecular flexibility index (Phi) is 8.56. The van der Waals surface area contributed by atoms with Crippen molar-refractivity contribution >= 4 is 17.4 Å². The minimum absolute atomic E-state index is 0.0156. The third-order valence-electron chi connectivity index (χ3n) is 7.44. The lowest BCUT2D eigenvalue weighted by Crippen LogP contribution is -2.42. The normalized spacial score (nSPS) is 19.0. The second kappa shape index (κ2) is 12.4. The summed E-state index contributed by atoms with van der Waals surface area (Å²) in [4.78, 5) is 30.4. The van der Waals surface area contributed by atoms with Gasteiger partial charge in [0.15, 0.2) is 11.5 Å². The minimum atomic E-state index is -0.859. The second-order valence-electron chi connectivity index (χ2n) is 10.2. The van der Waals surface area contributed by atoms with Crippen LogP contribution in [-0.4, -0.2) is 78.2 Å². The van der Waals surface area contributed by atoms with Gasteiger partial charge < -0.3 is 29.3 Å². The highest BCUT2D eigenvalue weighted by Gasteiger charge is 2.46. The fourth-order valence-electron chi connectivity index (χ4n) is 5.23. The molecule has 0 aliphatic carbocycles. The highest BCUT2D eigenvalue weighted by molar-refractivity contribution is 6.46. The molecular weight excluding hydrogens is 524 g/mol. The van der Waals surface area contributed by atoms with Gasteiger partial charge in [-0.3, -0.25) is 14.5 Å². The van der Waals surface area contributed by atoms with Gasteiger partial charge in [-0.05, 0) is 54.4 Å². The van der Waals surface area contributed by atoms with Crippen LogP contribution in [0.25, 0.3) is 5.76 Å². The molecule has 0 aromatic heterocycles. The molecule has 41 heavy (non-hydrogen) atoms. The van der Waals surface area contributed by atoms with Gasteiger partial charge >= 0.3 is 0 Å². The van der Waals surface area contributed by atoms with E-state index in [0.29, 0.717) is 43.2 Å². The van der Waals surface area contributed by atoms with Gasteiger partial charge in [-0.2, -0.15) is 0 Å². The third kappa shape index (κ3) is 6.21. The van der Waals surface area contributed by atoms with Gasteiger partial charge in [-0.15, -0.1) is 0 Å². The largest absolute Gasteiger partial charge is 0.507 e. The van der Waals surface area contributed by atoms with E-state index < -0.39 is 17.7 Å². The molecule has 214 valence electrons. The summed E-state index contributed by atoms with van der Waals surface area (Å²) in [5, 5.41) is 21.6. The smallest absolute Gasteiger partial charge is 0.295 e. The topological polar surface area (TPSA) is 109 Å². The molecule has 3 aromatic carbocycles. The number of nitrogens with zero attached hydrogens (tertiary/aromatic N) is 2. The average Bonchev–Trinajstić information content (AvgIpc) is 3.24. The van der Waals surface area contributed by atoms with E-state index in [2.05, 4.69) is 11.0 Å². The number of rotatable bonds is 9. The lowest BCUT2D eigenvalue weighted by Gasteiger charge is -2.31. The lowest BCUT2D eigenvalue weighted by molar-refractivity contribution is -0.140. The zero-order valence-corrected chi connectivity index (χ0v) is 23.2. The fourth-order valence-corrected chi connectivity index (χ4v) is 5.23. The molecule has 3 aromatic rings. The van der Waals surface area contributed by atoms with Crippen molar-refractivity contribution in [3.8, 4) is 17.2 Å². The number of aliphatic hydroxyl groups excluding tert-OH is 1. The molecular formula is C32H34N2O7. The number of hydrogen-bond acceptors (Lipinski definition) is 8. The maximum absolute atomic E-state index is 13.4. The Labute approximate surface area is 239 Å². The van der Waals surface area contributed by atoms with Crippen LogP contribution in [0.1, 0.15) is 28.3 Å². The maximum atomic E-state index is 13.4. The van der Waals surface area contributed by atoms with Crippen molar-refractivity contribution in [2.75, 3.05) is 46.5 Å². The monoisotopic (exact) mass is 558 g/mol. The summed E-state index contributed by atoms with van der Waals surface area (Å²) in [6.45, 7) is 5.94. The number of ketones is 1. The van der Waals surface area contributed by atoms with Crippen LogP contribution in [0.4, 0.5) is 0 Å². The Morgan fingerprint density at radius 3 is 2.46 bits per heavy atom. The number of aromatic hydroxyl groups is 1. The zero-order chi connectivity index (χ0) is 28.9. The molecule has 9 nitrogen and oxygen atoms in total. The molecule has 0 unspecified atom stereocenters. The first kappa shape index (κ1) is 28.2. The standard InChI is InChI=1S/C32H34N2O7/c1-21-4-3-5-22(18-21)20-41-25-9-6-23(7-10-25)30(36)28-29(24-8-11-26(35)27(19-24)39-2)34(32(38)31(28)37)13-12-33-14-16-40-17-15-33/h3-11,18-19,29,35-36H,12-17,20H2,1-2H3/t29-/m1/s1. The molecule has 5 rings (SSSR count). The van der Waals surface area contributed by atoms with E-state index in [9.17, 15) is 19.8 Å². The molecule has 2 aliphatic rings. The Bertz CT molecular complexity index is 1440. The number of likely N-dealkylation sites (tertiary alicyclic amines) is 1. The van der Waals surface area contributed by atoms with Crippen LogP contribution >= 0.6 is 0 Å². The summed E-state index contributed by atoms with van der Waals surface area (Å²) >= 11 is 0. The molecule has 2 fully saturated rings. The number of carbonyl (C=O) groups excluding carboxylic acids is 2. The first-order valence-electron chi connectivity index (χ1n) is 13.6. The van der Waals surface area contributed by atoms with E-state index in [-0.39, 0.29) is 29.4 Å². The molecule has 0 spiro atoms. The minimum Gasteiger partial charge on any atom is -0.507 e. The molecule has 0 saturated carbocycles. The number of methoxy groups -OCH3 is 1. The summed E-state index contributed by atoms with van der Waals surface area (Å²) in [5.74, 6) is -0.983. The van der Waals surface area contributed by atoms with Crippen molar-refractivity contribution in [1.29, 1.82) is 0 Å². The number of aliphatic hydroxyl groups is 1. The van der Waals surface area contributed by atoms with Crippen LogP contribution in [0.15, 0.2) is 72.3 Å². The molecule has 0 radical (unpaired) electrons.